The second kappa shape index (κ2) is 9.91. The summed E-state index contributed by atoms with van der Waals surface area (Å²) in [4.78, 5) is 24.8. The SMILES string of the molecule is COC(=O)c1ccc(CSc2cn(CCNC(=O)c3c(F)cccc3F)c3ccccc23)o1. The van der Waals surface area contributed by atoms with Crippen LogP contribution in [0.4, 0.5) is 8.78 Å². The number of aromatic nitrogens is 1. The lowest BCUT2D eigenvalue weighted by molar-refractivity contribution is 0.0563. The molecule has 4 aromatic rings. The summed E-state index contributed by atoms with van der Waals surface area (Å²) >= 11 is 1.54. The summed E-state index contributed by atoms with van der Waals surface area (Å²) in [7, 11) is 1.30. The molecule has 0 saturated heterocycles. The summed E-state index contributed by atoms with van der Waals surface area (Å²) in [6, 6.07) is 14.4. The summed E-state index contributed by atoms with van der Waals surface area (Å²) in [5, 5.41) is 3.60. The van der Waals surface area contributed by atoms with Crippen LogP contribution in [0.5, 0.6) is 0 Å². The predicted molar refractivity (Wildman–Crippen MR) is 120 cm³/mol. The van der Waals surface area contributed by atoms with Gasteiger partial charge in [0.25, 0.3) is 5.91 Å². The standard InChI is InChI=1S/C24H20F2N2O4S/c1-31-24(30)20-10-9-15(32-20)14-33-21-13-28(19-8-3-2-5-16(19)21)12-11-27-23(29)22-17(25)6-4-7-18(22)26/h2-10,13H,11-12,14H2,1H3,(H,27,29). The Bertz CT molecular complexity index is 1290. The molecule has 4 rings (SSSR count). The molecule has 0 unspecified atom stereocenters. The molecule has 170 valence electrons. The van der Waals surface area contributed by atoms with E-state index in [1.165, 1.54) is 13.2 Å². The van der Waals surface area contributed by atoms with Crippen molar-refractivity contribution in [2.24, 2.45) is 0 Å². The number of carbonyl (C=O) groups excluding carboxylic acids is 2. The highest BCUT2D eigenvalue weighted by atomic mass is 32.2. The number of benzene rings is 2. The molecule has 0 aliphatic rings. The van der Waals surface area contributed by atoms with E-state index in [0.29, 0.717) is 18.1 Å². The van der Waals surface area contributed by atoms with Crippen molar-refractivity contribution < 1.29 is 27.5 Å². The van der Waals surface area contributed by atoms with Crippen LogP contribution in [-0.2, 0) is 17.0 Å². The quantitative estimate of drug-likeness (QED) is 0.289. The van der Waals surface area contributed by atoms with Gasteiger partial charge in [-0.2, -0.15) is 0 Å². The number of hydrogen-bond acceptors (Lipinski definition) is 5. The normalized spacial score (nSPS) is 11.0. The lowest BCUT2D eigenvalue weighted by atomic mass is 10.2. The third-order valence-corrected chi connectivity index (χ3v) is 6.06. The fraction of sp³-hybridized carbons (Fsp3) is 0.167. The third-order valence-electron chi connectivity index (χ3n) is 5.00. The van der Waals surface area contributed by atoms with Crippen LogP contribution in [0.15, 0.2) is 70.1 Å². The van der Waals surface area contributed by atoms with Crippen molar-refractivity contribution in [1.82, 2.24) is 9.88 Å². The monoisotopic (exact) mass is 470 g/mol. The first kappa shape index (κ1) is 22.6. The van der Waals surface area contributed by atoms with Crippen LogP contribution in [0.1, 0.15) is 26.7 Å². The van der Waals surface area contributed by atoms with Gasteiger partial charge in [-0.1, -0.05) is 24.3 Å². The molecule has 6 nitrogen and oxygen atoms in total. The number of carbonyl (C=O) groups is 2. The molecule has 2 aromatic carbocycles. The molecule has 33 heavy (non-hydrogen) atoms. The second-order valence-electron chi connectivity index (χ2n) is 7.10. The highest BCUT2D eigenvalue weighted by Crippen LogP contribution is 2.32. The van der Waals surface area contributed by atoms with Crippen molar-refractivity contribution in [3.05, 3.63) is 89.5 Å². The van der Waals surface area contributed by atoms with Gasteiger partial charge in [-0.3, -0.25) is 4.79 Å². The third kappa shape index (κ3) is 4.93. The van der Waals surface area contributed by atoms with Gasteiger partial charge in [0.1, 0.15) is 23.0 Å². The van der Waals surface area contributed by atoms with Crippen LogP contribution >= 0.6 is 11.8 Å². The zero-order valence-electron chi connectivity index (χ0n) is 17.6. The Kier molecular flexibility index (Phi) is 6.79. The number of fused-ring (bicyclic) bond motifs is 1. The molecule has 2 aromatic heterocycles. The van der Waals surface area contributed by atoms with Crippen molar-refractivity contribution >= 4 is 34.5 Å². The Hall–Kier alpha value is -3.59. The van der Waals surface area contributed by atoms with Crippen LogP contribution in [0.2, 0.25) is 0 Å². The molecule has 0 aliphatic heterocycles. The zero-order chi connectivity index (χ0) is 23.4. The lowest BCUT2D eigenvalue weighted by Gasteiger charge is -2.09. The van der Waals surface area contributed by atoms with Gasteiger partial charge in [-0.25, -0.2) is 13.6 Å². The second-order valence-corrected chi connectivity index (χ2v) is 8.12. The van der Waals surface area contributed by atoms with Crippen LogP contribution in [-0.4, -0.2) is 30.1 Å². The molecule has 0 bridgehead atoms. The average molecular weight is 470 g/mol. The highest BCUT2D eigenvalue weighted by molar-refractivity contribution is 7.98. The van der Waals surface area contributed by atoms with E-state index in [9.17, 15) is 18.4 Å². The van der Waals surface area contributed by atoms with Crippen LogP contribution < -0.4 is 5.32 Å². The first-order valence-corrected chi connectivity index (χ1v) is 11.1. The number of nitrogens with zero attached hydrogens (tertiary/aromatic N) is 1. The Morgan fingerprint density at radius 2 is 1.82 bits per heavy atom. The number of furan rings is 1. The number of ether oxygens (including phenoxy) is 1. The number of halogens is 2. The molecule has 9 heteroatoms. The van der Waals surface area contributed by atoms with Gasteiger partial charge in [0.15, 0.2) is 0 Å². The van der Waals surface area contributed by atoms with Crippen LogP contribution in [0.25, 0.3) is 10.9 Å². The maximum absolute atomic E-state index is 13.8. The summed E-state index contributed by atoms with van der Waals surface area (Å²) < 4.78 is 39.8. The molecule has 0 spiro atoms. The van der Waals surface area contributed by atoms with E-state index in [1.54, 1.807) is 23.9 Å². The topological polar surface area (TPSA) is 73.5 Å². The van der Waals surface area contributed by atoms with E-state index in [4.69, 9.17) is 4.42 Å². The summed E-state index contributed by atoms with van der Waals surface area (Å²) in [6.45, 7) is 0.603. The van der Waals surface area contributed by atoms with Crippen LogP contribution in [0.3, 0.4) is 0 Å². The zero-order valence-corrected chi connectivity index (χ0v) is 18.5. The molecule has 1 amide bonds. The van der Waals surface area contributed by atoms with Crippen molar-refractivity contribution in [3.8, 4) is 0 Å². The molecular formula is C24H20F2N2O4S. The van der Waals surface area contributed by atoms with Gasteiger partial charge in [-0.15, -0.1) is 11.8 Å². The average Bonchev–Trinajstić information content (AvgIpc) is 3.42. The largest absolute Gasteiger partial charge is 0.463 e. The summed E-state index contributed by atoms with van der Waals surface area (Å²) in [6.07, 6.45) is 1.95. The number of methoxy groups -OCH3 is 1. The van der Waals surface area contributed by atoms with E-state index >= 15 is 0 Å². The molecular weight excluding hydrogens is 450 g/mol. The van der Waals surface area contributed by atoms with E-state index in [1.807, 2.05) is 35.0 Å². The summed E-state index contributed by atoms with van der Waals surface area (Å²) in [5.41, 5.74) is 0.372. The number of nitrogens with one attached hydrogen (secondary N) is 1. The Morgan fingerprint density at radius 1 is 1.06 bits per heavy atom. The number of esters is 1. The van der Waals surface area contributed by atoms with Crippen LogP contribution in [0, 0.1) is 11.6 Å². The molecule has 0 saturated carbocycles. The summed E-state index contributed by atoms with van der Waals surface area (Å²) in [5.74, 6) is -1.82. The van der Waals surface area contributed by atoms with Gasteiger partial charge in [0.05, 0.1) is 12.9 Å². The molecule has 2 heterocycles. The van der Waals surface area contributed by atoms with Gasteiger partial charge in [-0.05, 0) is 30.3 Å². The van der Waals surface area contributed by atoms with E-state index in [2.05, 4.69) is 10.1 Å². The van der Waals surface area contributed by atoms with E-state index < -0.39 is 29.1 Å². The molecule has 0 fully saturated rings. The fourth-order valence-corrected chi connectivity index (χ4v) is 4.40. The smallest absolute Gasteiger partial charge is 0.373 e. The molecule has 0 radical (unpaired) electrons. The number of hydrogen-bond donors (Lipinski definition) is 1. The van der Waals surface area contributed by atoms with Gasteiger partial charge in [0.2, 0.25) is 5.76 Å². The predicted octanol–water partition coefficient (Wildman–Crippen LogP) is 5.02. The van der Waals surface area contributed by atoms with E-state index in [-0.39, 0.29) is 12.3 Å². The highest BCUT2D eigenvalue weighted by Gasteiger charge is 2.17. The maximum atomic E-state index is 13.8. The number of para-hydroxylation sites is 1. The van der Waals surface area contributed by atoms with Gasteiger partial charge >= 0.3 is 5.97 Å². The molecule has 0 atom stereocenters. The van der Waals surface area contributed by atoms with Gasteiger partial charge < -0.3 is 19.0 Å². The lowest BCUT2D eigenvalue weighted by Crippen LogP contribution is -2.28. The van der Waals surface area contributed by atoms with Crippen molar-refractivity contribution in [2.45, 2.75) is 17.2 Å². The van der Waals surface area contributed by atoms with Crippen molar-refractivity contribution in [3.63, 3.8) is 0 Å². The Morgan fingerprint density at radius 3 is 2.58 bits per heavy atom. The van der Waals surface area contributed by atoms with E-state index in [0.717, 1.165) is 27.9 Å². The number of amides is 1. The maximum Gasteiger partial charge on any atom is 0.373 e. The molecule has 1 N–H and O–H groups in total. The minimum absolute atomic E-state index is 0.151. The van der Waals surface area contributed by atoms with Crippen molar-refractivity contribution in [2.75, 3.05) is 13.7 Å². The first-order valence-electron chi connectivity index (χ1n) is 10.1. The Balaban J connectivity index is 1.44. The minimum Gasteiger partial charge on any atom is -0.463 e. The Labute approximate surface area is 192 Å². The van der Waals surface area contributed by atoms with Crippen molar-refractivity contribution in [1.29, 1.82) is 0 Å². The molecule has 0 aliphatic carbocycles. The minimum atomic E-state index is -0.897. The number of rotatable bonds is 8. The number of thioether (sulfide) groups is 1. The fourth-order valence-electron chi connectivity index (χ4n) is 3.42. The van der Waals surface area contributed by atoms with Gasteiger partial charge in [0, 0.05) is 35.1 Å². The first-order chi connectivity index (χ1) is 16.0.